The van der Waals surface area contributed by atoms with Gasteiger partial charge in [0.15, 0.2) is 0 Å². The molecule has 3 nitrogen and oxygen atoms in total. The molecular weight excluding hydrogens is 224 g/mol. The molecule has 0 aromatic carbocycles. The van der Waals surface area contributed by atoms with Gasteiger partial charge in [-0.15, -0.1) is 0 Å². The van der Waals surface area contributed by atoms with Crippen molar-refractivity contribution in [1.82, 2.24) is 4.98 Å². The average molecular weight is 248 g/mol. The van der Waals surface area contributed by atoms with E-state index in [4.69, 9.17) is 10.5 Å². The Morgan fingerprint density at radius 2 is 1.94 bits per heavy atom. The van der Waals surface area contributed by atoms with E-state index in [0.29, 0.717) is 6.10 Å². The number of rotatable bonds is 3. The van der Waals surface area contributed by atoms with E-state index in [-0.39, 0.29) is 6.04 Å². The summed E-state index contributed by atoms with van der Waals surface area (Å²) in [5, 5.41) is 0. The van der Waals surface area contributed by atoms with Crippen LogP contribution < -0.4 is 10.5 Å². The van der Waals surface area contributed by atoms with Crippen LogP contribution in [0.25, 0.3) is 0 Å². The van der Waals surface area contributed by atoms with E-state index in [0.717, 1.165) is 36.1 Å². The molecule has 18 heavy (non-hydrogen) atoms. The molecule has 2 rings (SSSR count). The Kier molecular flexibility index (Phi) is 4.23. The Morgan fingerprint density at radius 1 is 1.28 bits per heavy atom. The van der Waals surface area contributed by atoms with Crippen molar-refractivity contribution >= 4 is 0 Å². The largest absolute Gasteiger partial charge is 0.474 e. The molecule has 3 heteroatoms. The third-order valence-corrected chi connectivity index (χ3v) is 3.71. The number of aromatic nitrogens is 1. The van der Waals surface area contributed by atoms with E-state index in [1.54, 1.807) is 6.20 Å². The van der Waals surface area contributed by atoms with Gasteiger partial charge in [-0.25, -0.2) is 4.98 Å². The van der Waals surface area contributed by atoms with Gasteiger partial charge in [-0.2, -0.15) is 0 Å². The van der Waals surface area contributed by atoms with Crippen LogP contribution in [0.3, 0.4) is 0 Å². The lowest BCUT2D eigenvalue weighted by Crippen LogP contribution is -2.28. The second-order valence-electron chi connectivity index (χ2n) is 5.87. The van der Waals surface area contributed by atoms with E-state index < -0.39 is 0 Å². The number of hydrogen-bond acceptors (Lipinski definition) is 3. The normalized spacial score (nSPS) is 29.9. The molecule has 0 spiro atoms. The molecule has 1 aliphatic carbocycles. The van der Waals surface area contributed by atoms with Crippen molar-refractivity contribution in [2.24, 2.45) is 17.6 Å². The first-order valence-corrected chi connectivity index (χ1v) is 6.92. The summed E-state index contributed by atoms with van der Waals surface area (Å²) in [6.07, 6.45) is 5.67. The van der Waals surface area contributed by atoms with Crippen LogP contribution in [0.15, 0.2) is 18.3 Å². The third kappa shape index (κ3) is 3.45. The zero-order valence-corrected chi connectivity index (χ0v) is 11.6. The van der Waals surface area contributed by atoms with Crippen LogP contribution in [0.5, 0.6) is 5.88 Å². The molecule has 1 heterocycles. The lowest BCUT2D eigenvalue weighted by molar-refractivity contribution is 0.0966. The van der Waals surface area contributed by atoms with Crippen LogP contribution in [0.2, 0.25) is 0 Å². The summed E-state index contributed by atoms with van der Waals surface area (Å²) in [6.45, 7) is 6.58. The van der Waals surface area contributed by atoms with Crippen LogP contribution in [0.4, 0.5) is 0 Å². The van der Waals surface area contributed by atoms with Gasteiger partial charge in [-0.1, -0.05) is 13.8 Å². The predicted octanol–water partition coefficient (Wildman–Crippen LogP) is 3.30. The quantitative estimate of drug-likeness (QED) is 0.892. The maximum atomic E-state index is 6.02. The molecule has 0 aliphatic heterocycles. The Bertz CT molecular complexity index is 382. The van der Waals surface area contributed by atoms with Gasteiger partial charge < -0.3 is 10.5 Å². The Labute approximate surface area is 110 Å². The van der Waals surface area contributed by atoms with Crippen LogP contribution in [-0.4, -0.2) is 11.1 Å². The van der Waals surface area contributed by atoms with Gasteiger partial charge in [0, 0.05) is 18.3 Å². The minimum absolute atomic E-state index is 0.0274. The van der Waals surface area contributed by atoms with E-state index >= 15 is 0 Å². The SMILES string of the molecule is CC1CC(C)CC(Oc2cc([C@H](C)N)ccn2)C1. The standard InChI is InChI=1S/C15H24N2O/c1-10-6-11(2)8-14(7-10)18-15-9-13(12(3)16)4-5-17-15/h4-5,9-12,14H,6-8,16H2,1-3H3/t10?,11?,12-,14?/m0/s1. The van der Waals surface area contributed by atoms with E-state index in [1.165, 1.54) is 6.42 Å². The molecule has 100 valence electrons. The summed E-state index contributed by atoms with van der Waals surface area (Å²) in [7, 11) is 0. The molecule has 1 aromatic heterocycles. The molecule has 3 atom stereocenters. The van der Waals surface area contributed by atoms with Crippen LogP contribution in [0.1, 0.15) is 51.6 Å². The fourth-order valence-corrected chi connectivity index (χ4v) is 2.91. The van der Waals surface area contributed by atoms with Crippen molar-refractivity contribution < 1.29 is 4.74 Å². The van der Waals surface area contributed by atoms with Gasteiger partial charge in [-0.05, 0) is 49.7 Å². The first kappa shape index (κ1) is 13.3. The Hall–Kier alpha value is -1.09. The molecule has 0 radical (unpaired) electrons. The highest BCUT2D eigenvalue weighted by atomic mass is 16.5. The molecule has 0 bridgehead atoms. The summed E-state index contributed by atoms with van der Waals surface area (Å²) in [4.78, 5) is 4.29. The molecule has 1 fully saturated rings. The topological polar surface area (TPSA) is 48.1 Å². The van der Waals surface area contributed by atoms with Crippen LogP contribution in [0, 0.1) is 11.8 Å². The molecule has 1 aromatic rings. The monoisotopic (exact) mass is 248 g/mol. The van der Waals surface area contributed by atoms with Crippen LogP contribution in [-0.2, 0) is 0 Å². The molecule has 1 aliphatic rings. The lowest BCUT2D eigenvalue weighted by Gasteiger charge is -2.31. The average Bonchev–Trinajstić information content (AvgIpc) is 2.27. The summed E-state index contributed by atoms with van der Waals surface area (Å²) >= 11 is 0. The van der Waals surface area contributed by atoms with Crippen molar-refractivity contribution in [2.75, 3.05) is 0 Å². The number of pyridine rings is 1. The van der Waals surface area contributed by atoms with E-state index in [1.807, 2.05) is 19.1 Å². The molecule has 0 saturated heterocycles. The Morgan fingerprint density at radius 3 is 2.56 bits per heavy atom. The summed E-state index contributed by atoms with van der Waals surface area (Å²) in [6, 6.07) is 3.94. The molecule has 0 amide bonds. The van der Waals surface area contributed by atoms with E-state index in [2.05, 4.69) is 18.8 Å². The Balaban J connectivity index is 2.02. The predicted molar refractivity (Wildman–Crippen MR) is 73.4 cm³/mol. The number of nitrogens with two attached hydrogens (primary N) is 1. The van der Waals surface area contributed by atoms with Gasteiger partial charge in [0.1, 0.15) is 6.10 Å². The van der Waals surface area contributed by atoms with Gasteiger partial charge >= 0.3 is 0 Å². The number of nitrogens with zero attached hydrogens (tertiary/aromatic N) is 1. The maximum Gasteiger partial charge on any atom is 0.213 e. The molecule has 2 unspecified atom stereocenters. The smallest absolute Gasteiger partial charge is 0.213 e. The van der Waals surface area contributed by atoms with Gasteiger partial charge in [0.25, 0.3) is 0 Å². The fourth-order valence-electron chi connectivity index (χ4n) is 2.91. The van der Waals surface area contributed by atoms with Crippen molar-refractivity contribution in [1.29, 1.82) is 0 Å². The minimum Gasteiger partial charge on any atom is -0.474 e. The minimum atomic E-state index is 0.0274. The maximum absolute atomic E-state index is 6.02. The summed E-state index contributed by atoms with van der Waals surface area (Å²) < 4.78 is 6.02. The van der Waals surface area contributed by atoms with Gasteiger partial charge in [-0.3, -0.25) is 0 Å². The van der Waals surface area contributed by atoms with Gasteiger partial charge in [0.05, 0.1) is 0 Å². The van der Waals surface area contributed by atoms with Gasteiger partial charge in [0.2, 0.25) is 5.88 Å². The number of hydrogen-bond donors (Lipinski definition) is 1. The zero-order chi connectivity index (χ0) is 13.1. The number of ether oxygens (including phenoxy) is 1. The second kappa shape index (κ2) is 5.70. The van der Waals surface area contributed by atoms with Crippen molar-refractivity contribution in [3.8, 4) is 5.88 Å². The molecular formula is C15H24N2O. The highest BCUT2D eigenvalue weighted by Gasteiger charge is 2.25. The first-order chi connectivity index (χ1) is 8.54. The summed E-state index contributed by atoms with van der Waals surface area (Å²) in [5.41, 5.74) is 6.96. The summed E-state index contributed by atoms with van der Waals surface area (Å²) in [5.74, 6) is 2.21. The highest BCUT2D eigenvalue weighted by molar-refractivity contribution is 5.23. The fraction of sp³-hybridized carbons (Fsp3) is 0.667. The van der Waals surface area contributed by atoms with Crippen LogP contribution >= 0.6 is 0 Å². The zero-order valence-electron chi connectivity index (χ0n) is 11.6. The van der Waals surface area contributed by atoms with Crippen molar-refractivity contribution in [2.45, 2.75) is 52.2 Å². The third-order valence-electron chi connectivity index (χ3n) is 3.71. The molecule has 2 N–H and O–H groups in total. The second-order valence-corrected chi connectivity index (χ2v) is 5.87. The lowest BCUT2D eigenvalue weighted by atomic mass is 9.82. The first-order valence-electron chi connectivity index (χ1n) is 6.92. The van der Waals surface area contributed by atoms with E-state index in [9.17, 15) is 0 Å². The van der Waals surface area contributed by atoms with Crippen molar-refractivity contribution in [3.05, 3.63) is 23.9 Å². The van der Waals surface area contributed by atoms with Crippen molar-refractivity contribution in [3.63, 3.8) is 0 Å². The highest BCUT2D eigenvalue weighted by Crippen LogP contribution is 2.31. The molecule has 1 saturated carbocycles.